The van der Waals surface area contributed by atoms with E-state index in [2.05, 4.69) is 0 Å². The van der Waals surface area contributed by atoms with Gasteiger partial charge < -0.3 is 0 Å². The van der Waals surface area contributed by atoms with Crippen molar-refractivity contribution in [2.24, 2.45) is 0 Å². The predicted molar refractivity (Wildman–Crippen MR) is 76.5 cm³/mol. The van der Waals surface area contributed by atoms with Crippen LogP contribution in [0.5, 0.6) is 0 Å². The minimum Gasteiger partial charge on any atom is -0.258 e. The summed E-state index contributed by atoms with van der Waals surface area (Å²) < 4.78 is 41.4. The average Bonchev–Trinajstić information content (AvgIpc) is 2.46. The van der Waals surface area contributed by atoms with E-state index in [4.69, 9.17) is 0 Å². The summed E-state index contributed by atoms with van der Waals surface area (Å²) in [7, 11) is 0.739. The van der Waals surface area contributed by atoms with Crippen LogP contribution in [-0.2, 0) is 5.66 Å². The summed E-state index contributed by atoms with van der Waals surface area (Å²) in [4.78, 5) is 20.3. The number of nitro groups is 2. The molecule has 1 aromatic carbocycles. The normalized spacial score (nSPS) is 11.7. The van der Waals surface area contributed by atoms with Crippen molar-refractivity contribution in [3.8, 4) is 0 Å². The molecule has 0 heterocycles. The van der Waals surface area contributed by atoms with Crippen LogP contribution >= 0.6 is 0 Å². The zero-order valence-electron chi connectivity index (χ0n) is 12.5. The van der Waals surface area contributed by atoms with Crippen molar-refractivity contribution >= 4 is 11.8 Å². The highest BCUT2D eigenvalue weighted by Crippen LogP contribution is 2.38. The maximum atomic E-state index is 14.2. The SMILES string of the molecule is CC=Cc1c(C(CC)([N+](=O)[O-])[N+](=O)[O-])cc(N(C)F)c(F)c1F. The molecule has 0 spiro atoms. The fourth-order valence-electron chi connectivity index (χ4n) is 2.22. The minimum absolute atomic E-state index is 0.304. The molecule has 0 amide bonds. The second kappa shape index (κ2) is 6.63. The van der Waals surface area contributed by atoms with Gasteiger partial charge in [-0.15, -0.1) is 4.48 Å². The summed E-state index contributed by atoms with van der Waals surface area (Å²) in [5.74, 6) is -3.19. The minimum atomic E-state index is -2.92. The Morgan fingerprint density at radius 1 is 1.26 bits per heavy atom. The van der Waals surface area contributed by atoms with Crippen LogP contribution in [0.1, 0.15) is 31.4 Å². The van der Waals surface area contributed by atoms with Gasteiger partial charge in [-0.2, -0.15) is 0 Å². The van der Waals surface area contributed by atoms with Gasteiger partial charge in [0.05, 0.1) is 6.42 Å². The number of anilines is 1. The van der Waals surface area contributed by atoms with Gasteiger partial charge in [-0.25, -0.2) is 13.9 Å². The summed E-state index contributed by atoms with van der Waals surface area (Å²) in [6.45, 7) is 2.58. The molecule has 0 saturated heterocycles. The van der Waals surface area contributed by atoms with Crippen LogP contribution in [0.15, 0.2) is 12.1 Å². The lowest BCUT2D eigenvalue weighted by Crippen LogP contribution is -2.43. The van der Waals surface area contributed by atoms with Crippen LogP contribution in [0.2, 0.25) is 0 Å². The first-order valence-corrected chi connectivity index (χ1v) is 6.48. The second-order valence-corrected chi connectivity index (χ2v) is 4.65. The molecule has 0 fully saturated rings. The molecule has 0 aliphatic heterocycles. The third-order valence-corrected chi connectivity index (χ3v) is 3.42. The molecule has 7 nitrogen and oxygen atoms in total. The second-order valence-electron chi connectivity index (χ2n) is 4.65. The highest BCUT2D eigenvalue weighted by molar-refractivity contribution is 5.62. The molecule has 0 atom stereocenters. The van der Waals surface area contributed by atoms with Gasteiger partial charge in [0.2, 0.25) is 0 Å². The van der Waals surface area contributed by atoms with Crippen LogP contribution in [-0.4, -0.2) is 16.9 Å². The molecule has 0 N–H and O–H groups in total. The van der Waals surface area contributed by atoms with Gasteiger partial charge in [-0.05, 0) is 13.0 Å². The number of halogens is 3. The van der Waals surface area contributed by atoms with E-state index in [1.54, 1.807) is 0 Å². The van der Waals surface area contributed by atoms with E-state index in [1.807, 2.05) is 0 Å². The lowest BCUT2D eigenvalue weighted by Gasteiger charge is -2.20. The Morgan fingerprint density at radius 3 is 2.13 bits per heavy atom. The van der Waals surface area contributed by atoms with Crippen molar-refractivity contribution in [1.29, 1.82) is 0 Å². The largest absolute Gasteiger partial charge is 0.484 e. The molecule has 0 aromatic heterocycles. The molecular formula is C13H14F3N3O4. The number of hydrogen-bond acceptors (Lipinski definition) is 5. The van der Waals surface area contributed by atoms with Crippen LogP contribution in [0, 0.1) is 31.9 Å². The first-order valence-electron chi connectivity index (χ1n) is 6.48. The molecule has 126 valence electrons. The quantitative estimate of drug-likeness (QED) is 0.344. The van der Waals surface area contributed by atoms with E-state index < -0.39 is 50.4 Å². The van der Waals surface area contributed by atoms with E-state index in [-0.39, 0.29) is 5.12 Å². The molecule has 0 bridgehead atoms. The van der Waals surface area contributed by atoms with Gasteiger partial charge in [-0.1, -0.05) is 19.1 Å². The van der Waals surface area contributed by atoms with Gasteiger partial charge in [0, 0.05) is 12.6 Å². The molecule has 10 heteroatoms. The Hall–Kier alpha value is -2.65. The van der Waals surface area contributed by atoms with E-state index in [0.29, 0.717) is 6.07 Å². The van der Waals surface area contributed by atoms with Gasteiger partial charge in [0.15, 0.2) is 11.6 Å². The maximum Gasteiger partial charge on any atom is 0.484 e. The summed E-state index contributed by atoms with van der Waals surface area (Å²) in [5.41, 5.74) is -5.28. The summed E-state index contributed by atoms with van der Waals surface area (Å²) in [5, 5.41) is 22.4. The Labute approximate surface area is 129 Å². The predicted octanol–water partition coefficient (Wildman–Crippen LogP) is 3.43. The van der Waals surface area contributed by atoms with E-state index in [1.165, 1.54) is 13.0 Å². The smallest absolute Gasteiger partial charge is 0.258 e. The number of rotatable bonds is 6. The molecule has 1 aromatic rings. The van der Waals surface area contributed by atoms with Gasteiger partial charge in [-0.3, -0.25) is 20.2 Å². The zero-order valence-corrected chi connectivity index (χ0v) is 12.5. The molecule has 0 radical (unpaired) electrons. The van der Waals surface area contributed by atoms with Crippen LogP contribution in [0.25, 0.3) is 6.08 Å². The molecule has 0 unspecified atom stereocenters. The first-order chi connectivity index (χ1) is 10.6. The Morgan fingerprint density at radius 2 is 1.78 bits per heavy atom. The van der Waals surface area contributed by atoms with Gasteiger partial charge >= 0.3 is 5.66 Å². The van der Waals surface area contributed by atoms with E-state index in [9.17, 15) is 33.5 Å². The number of hydrogen-bond donors (Lipinski definition) is 0. The van der Waals surface area contributed by atoms with Gasteiger partial charge in [0.1, 0.15) is 21.1 Å². The Bertz CT molecular complexity index is 663. The molecule has 0 aliphatic rings. The lowest BCUT2D eigenvalue weighted by molar-refractivity contribution is -0.811. The van der Waals surface area contributed by atoms with Crippen molar-refractivity contribution in [2.45, 2.75) is 25.9 Å². The average molecular weight is 333 g/mol. The van der Waals surface area contributed by atoms with Crippen molar-refractivity contribution in [3.63, 3.8) is 0 Å². The van der Waals surface area contributed by atoms with Crippen LogP contribution in [0.3, 0.4) is 0 Å². The van der Waals surface area contributed by atoms with Crippen LogP contribution in [0.4, 0.5) is 18.9 Å². The van der Waals surface area contributed by atoms with Gasteiger partial charge in [0.25, 0.3) is 0 Å². The van der Waals surface area contributed by atoms with Crippen LogP contribution < -0.4 is 5.12 Å². The summed E-state index contributed by atoms with van der Waals surface area (Å²) in [6, 6.07) is 0.586. The highest BCUT2D eigenvalue weighted by Gasteiger charge is 2.58. The highest BCUT2D eigenvalue weighted by atomic mass is 19.2. The number of benzene rings is 1. The van der Waals surface area contributed by atoms with E-state index in [0.717, 1.165) is 20.0 Å². The van der Waals surface area contributed by atoms with Crippen molar-refractivity contribution in [2.75, 3.05) is 12.2 Å². The topological polar surface area (TPSA) is 89.5 Å². The molecule has 23 heavy (non-hydrogen) atoms. The summed E-state index contributed by atoms with van der Waals surface area (Å²) >= 11 is 0. The van der Waals surface area contributed by atoms with E-state index >= 15 is 0 Å². The van der Waals surface area contributed by atoms with Crippen molar-refractivity contribution < 1.29 is 23.1 Å². The molecule has 0 saturated carbocycles. The molecule has 1 rings (SSSR count). The Kier molecular flexibility index (Phi) is 5.30. The van der Waals surface area contributed by atoms with Crippen molar-refractivity contribution in [3.05, 3.63) is 55.1 Å². The molecule has 0 aliphatic carbocycles. The third kappa shape index (κ3) is 2.83. The maximum absolute atomic E-state index is 14.2. The summed E-state index contributed by atoms with van der Waals surface area (Å²) in [6.07, 6.45) is 1.56. The van der Waals surface area contributed by atoms with Crippen molar-refractivity contribution in [1.82, 2.24) is 0 Å². The standard InChI is InChI=1S/C13H14F3N3O4/c1-4-6-8-9(13(5-2,18(20)21)19(22)23)7-10(17(3)16)12(15)11(8)14/h4,6-7H,5H2,1-3H3. The third-order valence-electron chi connectivity index (χ3n) is 3.42. The first kappa shape index (κ1) is 18.4. The fraction of sp³-hybridized carbons (Fsp3) is 0.385. The number of allylic oxidation sites excluding steroid dienone is 1. The monoisotopic (exact) mass is 333 g/mol. The fourth-order valence-corrected chi connectivity index (χ4v) is 2.22. The molecular weight excluding hydrogens is 319 g/mol. The Balaban J connectivity index is 4.00. The zero-order chi connectivity index (χ0) is 17.9. The number of nitrogens with zero attached hydrogens (tertiary/aromatic N) is 3. The lowest BCUT2D eigenvalue weighted by atomic mass is 9.91.